The molecule has 0 saturated carbocycles. The average molecular weight is 336 g/mol. The number of anilines is 1. The standard InChI is InChI=1S/C14H14BrN3O2/c1-17(10-11-4-6-16-7-5-11)14-3-2-13(18(19)20)8-12(14)9-15/h2-8H,9-10H2,1H3. The van der Waals surface area contributed by atoms with E-state index in [1.807, 2.05) is 19.2 Å². The van der Waals surface area contributed by atoms with Gasteiger partial charge in [0.05, 0.1) is 4.92 Å². The van der Waals surface area contributed by atoms with Crippen LogP contribution in [0.3, 0.4) is 0 Å². The molecule has 1 aromatic carbocycles. The molecule has 104 valence electrons. The predicted molar refractivity (Wildman–Crippen MR) is 82.1 cm³/mol. The van der Waals surface area contributed by atoms with Crippen LogP contribution in [0.4, 0.5) is 11.4 Å². The van der Waals surface area contributed by atoms with Crippen molar-refractivity contribution < 1.29 is 4.92 Å². The van der Waals surface area contributed by atoms with Crippen LogP contribution in [-0.4, -0.2) is 17.0 Å². The zero-order valence-corrected chi connectivity index (χ0v) is 12.6. The first-order valence-corrected chi connectivity index (χ1v) is 7.17. The number of pyridine rings is 1. The fourth-order valence-corrected chi connectivity index (χ4v) is 2.46. The molecule has 0 atom stereocenters. The van der Waals surface area contributed by atoms with Gasteiger partial charge in [-0.2, -0.15) is 0 Å². The summed E-state index contributed by atoms with van der Waals surface area (Å²) in [5.74, 6) is 0. The van der Waals surface area contributed by atoms with Crippen molar-refractivity contribution in [3.8, 4) is 0 Å². The second-order valence-electron chi connectivity index (χ2n) is 4.42. The van der Waals surface area contributed by atoms with Crippen molar-refractivity contribution in [3.05, 3.63) is 64.0 Å². The average Bonchev–Trinajstić information content (AvgIpc) is 2.47. The Morgan fingerprint density at radius 1 is 1.30 bits per heavy atom. The van der Waals surface area contributed by atoms with Crippen LogP contribution in [-0.2, 0) is 11.9 Å². The second kappa shape index (κ2) is 6.47. The van der Waals surface area contributed by atoms with E-state index in [2.05, 4.69) is 25.8 Å². The fraction of sp³-hybridized carbons (Fsp3) is 0.214. The maximum atomic E-state index is 10.8. The van der Waals surface area contributed by atoms with Crippen LogP contribution in [0.15, 0.2) is 42.7 Å². The van der Waals surface area contributed by atoms with Gasteiger partial charge in [0.15, 0.2) is 0 Å². The van der Waals surface area contributed by atoms with Gasteiger partial charge in [0.2, 0.25) is 0 Å². The third kappa shape index (κ3) is 3.33. The molecule has 0 unspecified atom stereocenters. The number of alkyl halides is 1. The molecule has 0 amide bonds. The van der Waals surface area contributed by atoms with Crippen molar-refractivity contribution in [3.63, 3.8) is 0 Å². The van der Waals surface area contributed by atoms with Crippen LogP contribution in [0.2, 0.25) is 0 Å². The van der Waals surface area contributed by atoms with E-state index < -0.39 is 0 Å². The number of non-ortho nitro benzene ring substituents is 1. The lowest BCUT2D eigenvalue weighted by Gasteiger charge is -2.22. The number of hydrogen-bond acceptors (Lipinski definition) is 4. The topological polar surface area (TPSA) is 59.3 Å². The summed E-state index contributed by atoms with van der Waals surface area (Å²) >= 11 is 3.39. The molecule has 0 aliphatic heterocycles. The van der Waals surface area contributed by atoms with E-state index in [-0.39, 0.29) is 10.6 Å². The zero-order valence-electron chi connectivity index (χ0n) is 11.0. The number of benzene rings is 1. The van der Waals surface area contributed by atoms with Gasteiger partial charge in [0.25, 0.3) is 5.69 Å². The Hall–Kier alpha value is -1.95. The Balaban J connectivity index is 2.25. The van der Waals surface area contributed by atoms with Crippen LogP contribution in [0, 0.1) is 10.1 Å². The first-order valence-electron chi connectivity index (χ1n) is 6.05. The maximum absolute atomic E-state index is 10.8. The van der Waals surface area contributed by atoms with Crippen molar-refractivity contribution >= 4 is 27.3 Å². The number of rotatable bonds is 5. The maximum Gasteiger partial charge on any atom is 0.269 e. The summed E-state index contributed by atoms with van der Waals surface area (Å²) in [5, 5.41) is 11.4. The third-order valence-corrected chi connectivity index (χ3v) is 3.60. The molecule has 0 aliphatic carbocycles. The van der Waals surface area contributed by atoms with Gasteiger partial charge in [0.1, 0.15) is 0 Å². The lowest BCUT2D eigenvalue weighted by Crippen LogP contribution is -2.17. The molecule has 0 aliphatic rings. The Labute approximate surface area is 125 Å². The summed E-state index contributed by atoms with van der Waals surface area (Å²) in [7, 11) is 1.97. The van der Waals surface area contributed by atoms with E-state index in [4.69, 9.17) is 0 Å². The highest BCUT2D eigenvalue weighted by atomic mass is 79.9. The molecule has 0 radical (unpaired) electrons. The van der Waals surface area contributed by atoms with Gasteiger partial charge in [-0.3, -0.25) is 15.1 Å². The Bertz CT molecular complexity index is 605. The molecular formula is C14H14BrN3O2. The molecule has 1 heterocycles. The number of nitrogens with zero attached hydrogens (tertiary/aromatic N) is 3. The second-order valence-corrected chi connectivity index (χ2v) is 4.98. The van der Waals surface area contributed by atoms with Crippen LogP contribution in [0.25, 0.3) is 0 Å². The molecule has 0 saturated heterocycles. The van der Waals surface area contributed by atoms with Gasteiger partial charge in [-0.05, 0) is 29.3 Å². The van der Waals surface area contributed by atoms with Gasteiger partial charge in [-0.1, -0.05) is 15.9 Å². The number of halogens is 1. The smallest absolute Gasteiger partial charge is 0.269 e. The first kappa shape index (κ1) is 14.5. The zero-order chi connectivity index (χ0) is 14.5. The highest BCUT2D eigenvalue weighted by Crippen LogP contribution is 2.27. The van der Waals surface area contributed by atoms with Gasteiger partial charge < -0.3 is 4.90 Å². The quantitative estimate of drug-likeness (QED) is 0.476. The summed E-state index contributed by atoms with van der Waals surface area (Å²) < 4.78 is 0. The number of nitro groups is 1. The minimum Gasteiger partial charge on any atom is -0.370 e. The lowest BCUT2D eigenvalue weighted by atomic mass is 10.1. The normalized spacial score (nSPS) is 10.3. The number of nitro benzene ring substituents is 1. The fourth-order valence-electron chi connectivity index (χ4n) is 2.01. The Morgan fingerprint density at radius 2 is 2.00 bits per heavy atom. The van der Waals surface area contributed by atoms with Crippen molar-refractivity contribution in [1.29, 1.82) is 0 Å². The first-order chi connectivity index (χ1) is 9.61. The molecule has 0 N–H and O–H groups in total. The molecule has 2 aromatic rings. The summed E-state index contributed by atoms with van der Waals surface area (Å²) in [6, 6.07) is 8.83. The van der Waals surface area contributed by atoms with Crippen LogP contribution >= 0.6 is 15.9 Å². The molecule has 0 fully saturated rings. The van der Waals surface area contributed by atoms with Gasteiger partial charge in [-0.15, -0.1) is 0 Å². The predicted octanol–water partition coefficient (Wildman–Crippen LogP) is 3.52. The molecule has 6 heteroatoms. The van der Waals surface area contributed by atoms with Gasteiger partial charge >= 0.3 is 0 Å². The van der Waals surface area contributed by atoms with E-state index in [1.165, 1.54) is 6.07 Å². The van der Waals surface area contributed by atoms with Crippen molar-refractivity contribution in [2.24, 2.45) is 0 Å². The molecule has 5 nitrogen and oxygen atoms in total. The van der Waals surface area contributed by atoms with Gasteiger partial charge in [-0.25, -0.2) is 0 Å². The molecule has 1 aromatic heterocycles. The number of aromatic nitrogens is 1. The Morgan fingerprint density at radius 3 is 2.60 bits per heavy atom. The summed E-state index contributed by atoms with van der Waals surface area (Å²) in [6.07, 6.45) is 3.51. The van der Waals surface area contributed by atoms with Crippen LogP contribution in [0.1, 0.15) is 11.1 Å². The minimum atomic E-state index is -0.376. The SMILES string of the molecule is CN(Cc1ccncc1)c1ccc([N+](=O)[O-])cc1CBr. The monoisotopic (exact) mass is 335 g/mol. The van der Waals surface area contributed by atoms with Crippen LogP contribution < -0.4 is 4.90 Å². The molecule has 0 spiro atoms. The minimum absolute atomic E-state index is 0.112. The van der Waals surface area contributed by atoms with Crippen LogP contribution in [0.5, 0.6) is 0 Å². The van der Waals surface area contributed by atoms with Crippen molar-refractivity contribution in [2.75, 3.05) is 11.9 Å². The largest absolute Gasteiger partial charge is 0.370 e. The van der Waals surface area contributed by atoms with E-state index in [0.717, 1.165) is 23.4 Å². The molecule has 2 rings (SSSR count). The highest BCUT2D eigenvalue weighted by Gasteiger charge is 2.13. The molecular weight excluding hydrogens is 322 g/mol. The number of hydrogen-bond donors (Lipinski definition) is 0. The summed E-state index contributed by atoms with van der Waals surface area (Å²) in [5.41, 5.74) is 3.13. The Kier molecular flexibility index (Phi) is 4.68. The molecule has 0 bridgehead atoms. The summed E-state index contributed by atoms with van der Waals surface area (Å²) in [4.78, 5) is 16.5. The van der Waals surface area contributed by atoms with E-state index in [9.17, 15) is 10.1 Å². The summed E-state index contributed by atoms with van der Waals surface area (Å²) in [6.45, 7) is 0.723. The third-order valence-electron chi connectivity index (χ3n) is 3.00. The molecule has 20 heavy (non-hydrogen) atoms. The highest BCUT2D eigenvalue weighted by molar-refractivity contribution is 9.08. The van der Waals surface area contributed by atoms with E-state index in [1.54, 1.807) is 24.5 Å². The van der Waals surface area contributed by atoms with E-state index in [0.29, 0.717) is 5.33 Å². The van der Waals surface area contributed by atoms with Gasteiger partial charge in [0, 0.05) is 49.1 Å². The van der Waals surface area contributed by atoms with Crippen molar-refractivity contribution in [2.45, 2.75) is 11.9 Å². The van der Waals surface area contributed by atoms with Crippen molar-refractivity contribution in [1.82, 2.24) is 4.98 Å². The van der Waals surface area contributed by atoms with E-state index >= 15 is 0 Å². The lowest BCUT2D eigenvalue weighted by molar-refractivity contribution is -0.384.